The highest BCUT2D eigenvalue weighted by Gasteiger charge is 2.29. The maximum Gasteiger partial charge on any atom is 0.147 e. The molecule has 1 aliphatic rings. The number of nitrogens with zero attached hydrogens (tertiary/aromatic N) is 1. The molecule has 1 N–H and O–H groups in total. The zero-order valence-electron chi connectivity index (χ0n) is 11.1. The highest BCUT2D eigenvalue weighted by atomic mass is 16.5. The van der Waals surface area contributed by atoms with Gasteiger partial charge in [0.15, 0.2) is 0 Å². The van der Waals surface area contributed by atoms with Gasteiger partial charge < -0.3 is 9.84 Å². The van der Waals surface area contributed by atoms with Crippen LogP contribution in [0.25, 0.3) is 0 Å². The van der Waals surface area contributed by atoms with Gasteiger partial charge in [0.25, 0.3) is 0 Å². The third kappa shape index (κ3) is 1.62. The van der Waals surface area contributed by atoms with Crippen molar-refractivity contribution >= 4 is 5.69 Å². The Morgan fingerprint density at radius 3 is 2.94 bits per heavy atom. The molecule has 0 saturated carbocycles. The van der Waals surface area contributed by atoms with Gasteiger partial charge in [-0.3, -0.25) is 0 Å². The Hall–Kier alpha value is -1.77. The van der Waals surface area contributed by atoms with Crippen molar-refractivity contribution in [1.29, 1.82) is 0 Å². The number of fused-ring (bicyclic) bond motifs is 1. The van der Waals surface area contributed by atoms with Crippen molar-refractivity contribution in [2.75, 3.05) is 12.4 Å². The van der Waals surface area contributed by atoms with E-state index < -0.39 is 0 Å². The first kappa shape index (κ1) is 11.3. The van der Waals surface area contributed by atoms with E-state index in [0.29, 0.717) is 5.92 Å². The van der Waals surface area contributed by atoms with Crippen molar-refractivity contribution in [1.82, 2.24) is 5.16 Å². The molecule has 94 valence electrons. The van der Waals surface area contributed by atoms with Gasteiger partial charge >= 0.3 is 0 Å². The Morgan fingerprint density at radius 1 is 1.33 bits per heavy atom. The minimum atomic E-state index is 0.375. The summed E-state index contributed by atoms with van der Waals surface area (Å²) in [6, 6.07) is 4.57. The van der Waals surface area contributed by atoms with Crippen molar-refractivity contribution in [3.05, 3.63) is 46.3 Å². The van der Waals surface area contributed by atoms with Crippen LogP contribution in [0.1, 0.15) is 40.3 Å². The standard InChI is InChI=1S/C15H18N2O/c1-9-6-10(2)11-4-5-12(13(11)7-9)15-14(16-3)8-18-17-15/h6-8,12,16H,4-5H2,1-3H3. The third-order valence-corrected chi connectivity index (χ3v) is 3.91. The molecule has 0 radical (unpaired) electrons. The van der Waals surface area contributed by atoms with Gasteiger partial charge in [0, 0.05) is 13.0 Å². The predicted molar refractivity (Wildman–Crippen MR) is 72.1 cm³/mol. The molecule has 1 aromatic carbocycles. The van der Waals surface area contributed by atoms with Crippen LogP contribution in [0.5, 0.6) is 0 Å². The normalized spacial score (nSPS) is 17.8. The Bertz CT molecular complexity index is 586. The zero-order valence-corrected chi connectivity index (χ0v) is 11.1. The van der Waals surface area contributed by atoms with Gasteiger partial charge in [0.1, 0.15) is 12.0 Å². The molecule has 0 amide bonds. The third-order valence-electron chi connectivity index (χ3n) is 3.91. The predicted octanol–water partition coefficient (Wildman–Crippen LogP) is 3.41. The van der Waals surface area contributed by atoms with Gasteiger partial charge in [-0.15, -0.1) is 0 Å². The summed E-state index contributed by atoms with van der Waals surface area (Å²) in [6.45, 7) is 4.36. The van der Waals surface area contributed by atoms with E-state index in [9.17, 15) is 0 Å². The SMILES string of the molecule is CNc1conc1C1CCc2c(C)cc(C)cc21. The van der Waals surface area contributed by atoms with Gasteiger partial charge in [-0.25, -0.2) is 0 Å². The average molecular weight is 242 g/mol. The minimum absolute atomic E-state index is 0.375. The number of benzene rings is 1. The van der Waals surface area contributed by atoms with Crippen LogP contribution in [-0.4, -0.2) is 12.2 Å². The summed E-state index contributed by atoms with van der Waals surface area (Å²) in [7, 11) is 1.91. The number of hydrogen-bond donors (Lipinski definition) is 1. The maximum absolute atomic E-state index is 5.11. The molecule has 3 nitrogen and oxygen atoms in total. The highest BCUT2D eigenvalue weighted by molar-refractivity contribution is 5.54. The molecule has 0 bridgehead atoms. The summed E-state index contributed by atoms with van der Waals surface area (Å²) in [4.78, 5) is 0. The summed E-state index contributed by atoms with van der Waals surface area (Å²) in [6.07, 6.45) is 3.96. The maximum atomic E-state index is 5.11. The first-order valence-corrected chi connectivity index (χ1v) is 6.42. The average Bonchev–Trinajstić information content (AvgIpc) is 2.93. The monoisotopic (exact) mass is 242 g/mol. The van der Waals surface area contributed by atoms with Crippen LogP contribution in [0.15, 0.2) is 22.9 Å². The Balaban J connectivity index is 2.10. The van der Waals surface area contributed by atoms with Gasteiger partial charge in [0.2, 0.25) is 0 Å². The molecule has 1 aromatic heterocycles. The molecular weight excluding hydrogens is 224 g/mol. The van der Waals surface area contributed by atoms with E-state index in [-0.39, 0.29) is 0 Å². The number of nitrogens with one attached hydrogen (secondary N) is 1. The zero-order chi connectivity index (χ0) is 12.7. The van der Waals surface area contributed by atoms with E-state index in [1.165, 1.54) is 22.3 Å². The van der Waals surface area contributed by atoms with E-state index in [2.05, 4.69) is 36.5 Å². The Kier molecular flexibility index (Phi) is 2.62. The lowest BCUT2D eigenvalue weighted by molar-refractivity contribution is 0.408. The highest BCUT2D eigenvalue weighted by Crippen LogP contribution is 2.41. The molecule has 18 heavy (non-hydrogen) atoms. The van der Waals surface area contributed by atoms with Crippen molar-refractivity contribution in [3.8, 4) is 0 Å². The molecule has 1 aliphatic carbocycles. The van der Waals surface area contributed by atoms with Gasteiger partial charge in [-0.1, -0.05) is 22.9 Å². The van der Waals surface area contributed by atoms with Crippen LogP contribution in [-0.2, 0) is 6.42 Å². The van der Waals surface area contributed by atoms with Crippen LogP contribution < -0.4 is 5.32 Å². The molecular formula is C15H18N2O. The number of aromatic nitrogens is 1. The molecule has 3 rings (SSSR count). The van der Waals surface area contributed by atoms with Gasteiger partial charge in [0.05, 0.1) is 5.69 Å². The van der Waals surface area contributed by atoms with E-state index in [4.69, 9.17) is 4.52 Å². The van der Waals surface area contributed by atoms with Gasteiger partial charge in [-0.05, 0) is 43.4 Å². The van der Waals surface area contributed by atoms with E-state index >= 15 is 0 Å². The summed E-state index contributed by atoms with van der Waals surface area (Å²) < 4.78 is 5.11. The summed E-state index contributed by atoms with van der Waals surface area (Å²) in [5, 5.41) is 7.35. The fourth-order valence-electron chi connectivity index (χ4n) is 3.09. The van der Waals surface area contributed by atoms with E-state index in [1.54, 1.807) is 6.26 Å². The fraction of sp³-hybridized carbons (Fsp3) is 0.400. The molecule has 3 heteroatoms. The Labute approximate surface area is 107 Å². The summed E-state index contributed by atoms with van der Waals surface area (Å²) >= 11 is 0. The largest absolute Gasteiger partial charge is 0.384 e. The van der Waals surface area contributed by atoms with E-state index in [1.807, 2.05) is 7.05 Å². The summed E-state index contributed by atoms with van der Waals surface area (Å²) in [5.74, 6) is 0.375. The van der Waals surface area contributed by atoms with Gasteiger partial charge in [-0.2, -0.15) is 0 Å². The number of aryl methyl sites for hydroxylation is 2. The molecule has 1 atom stereocenters. The van der Waals surface area contributed by atoms with Crippen LogP contribution in [0.2, 0.25) is 0 Å². The molecule has 1 heterocycles. The van der Waals surface area contributed by atoms with Crippen LogP contribution in [0.4, 0.5) is 5.69 Å². The van der Waals surface area contributed by atoms with Crippen LogP contribution >= 0.6 is 0 Å². The topological polar surface area (TPSA) is 38.1 Å². The van der Waals surface area contributed by atoms with Crippen molar-refractivity contribution in [2.45, 2.75) is 32.6 Å². The van der Waals surface area contributed by atoms with Crippen LogP contribution in [0.3, 0.4) is 0 Å². The second-order valence-electron chi connectivity index (χ2n) is 5.10. The molecule has 0 spiro atoms. The second-order valence-corrected chi connectivity index (χ2v) is 5.10. The molecule has 2 aromatic rings. The molecule has 0 aliphatic heterocycles. The molecule has 0 saturated heterocycles. The smallest absolute Gasteiger partial charge is 0.147 e. The second kappa shape index (κ2) is 4.16. The van der Waals surface area contributed by atoms with Crippen LogP contribution in [0, 0.1) is 13.8 Å². The first-order valence-electron chi connectivity index (χ1n) is 6.42. The lowest BCUT2D eigenvalue weighted by atomic mass is 9.94. The number of hydrogen-bond acceptors (Lipinski definition) is 3. The Morgan fingerprint density at radius 2 is 2.17 bits per heavy atom. The minimum Gasteiger partial charge on any atom is -0.384 e. The molecule has 1 unspecified atom stereocenters. The first-order chi connectivity index (χ1) is 8.70. The van der Waals surface area contributed by atoms with Crippen molar-refractivity contribution in [3.63, 3.8) is 0 Å². The van der Waals surface area contributed by atoms with E-state index in [0.717, 1.165) is 24.2 Å². The number of anilines is 1. The van der Waals surface area contributed by atoms with Crippen molar-refractivity contribution in [2.24, 2.45) is 0 Å². The van der Waals surface area contributed by atoms with Crippen molar-refractivity contribution < 1.29 is 4.52 Å². The number of rotatable bonds is 2. The lowest BCUT2D eigenvalue weighted by Crippen LogP contribution is -2.01. The summed E-state index contributed by atoms with van der Waals surface area (Å²) in [5.41, 5.74) is 7.71. The lowest BCUT2D eigenvalue weighted by Gasteiger charge is -2.12. The fourth-order valence-corrected chi connectivity index (χ4v) is 3.09. The molecule has 0 fully saturated rings. The quantitative estimate of drug-likeness (QED) is 0.877.